The summed E-state index contributed by atoms with van der Waals surface area (Å²) in [6.07, 6.45) is 87.2. The minimum Gasteiger partial charge on any atom is -0.462 e. The number of allylic oxidation sites excluding steroid dienone is 24. The van der Waals surface area contributed by atoms with Gasteiger partial charge in [0.05, 0.1) is 0 Å². The summed E-state index contributed by atoms with van der Waals surface area (Å²) in [7, 11) is 0. The van der Waals surface area contributed by atoms with Crippen molar-refractivity contribution in [3.63, 3.8) is 0 Å². The zero-order valence-electron chi connectivity index (χ0n) is 47.5. The van der Waals surface area contributed by atoms with Crippen molar-refractivity contribution in [1.29, 1.82) is 0 Å². The summed E-state index contributed by atoms with van der Waals surface area (Å²) in [5.41, 5.74) is 0. The van der Waals surface area contributed by atoms with E-state index in [0.717, 1.165) is 128 Å². The maximum atomic E-state index is 12.8. The normalized spacial score (nSPS) is 13.2. The van der Waals surface area contributed by atoms with Crippen LogP contribution >= 0.6 is 0 Å². The molecular weight excluding hydrogens is 913 g/mol. The van der Waals surface area contributed by atoms with E-state index < -0.39 is 6.10 Å². The zero-order chi connectivity index (χ0) is 53.6. The molecule has 0 bridgehead atoms. The lowest BCUT2D eigenvalue weighted by molar-refractivity contribution is -0.167. The molecule has 0 aliphatic heterocycles. The van der Waals surface area contributed by atoms with E-state index in [4.69, 9.17) is 14.2 Å². The van der Waals surface area contributed by atoms with E-state index in [0.29, 0.717) is 19.3 Å². The molecule has 416 valence electrons. The van der Waals surface area contributed by atoms with Crippen molar-refractivity contribution in [1.82, 2.24) is 0 Å². The van der Waals surface area contributed by atoms with Gasteiger partial charge in [0.15, 0.2) is 6.10 Å². The number of esters is 3. The van der Waals surface area contributed by atoms with Crippen molar-refractivity contribution in [2.45, 2.75) is 252 Å². The van der Waals surface area contributed by atoms with Crippen LogP contribution in [0.4, 0.5) is 0 Å². The Balaban J connectivity index is 4.36. The number of ether oxygens (including phenoxy) is 3. The van der Waals surface area contributed by atoms with Crippen molar-refractivity contribution in [3.05, 3.63) is 146 Å². The molecule has 0 amide bonds. The standard InChI is InChI=1S/C68H108O6/c1-4-7-10-13-16-19-21-23-25-27-29-31-33-34-36-37-39-41-43-45-47-49-52-55-58-61-67(70)73-64-65(63-72-66(69)60-57-54-51-18-15-12-9-6-3)74-68(71)62-59-56-53-50-48-46-44-42-40-38-35-32-30-28-26-24-22-20-17-14-11-8-5-2/h7-8,10-11,16-17,19-20,23-26,29-32,34,36,38,40,44,46,50,53,65H,4-6,9,12-15,18,21-22,27-28,33,35,37,39,41-43,45,47-49,51-52,54-64H2,1-3H3/b10-7-,11-8-,19-16-,20-17-,25-23-,26-24-,31-29-,32-30-,36-34-,40-38-,46-44-,53-50-. The number of unbranched alkanes of at least 4 members (excludes halogenated alkanes) is 17. The van der Waals surface area contributed by atoms with Gasteiger partial charge in [0, 0.05) is 19.3 Å². The Morgan fingerprint density at radius 3 is 0.865 bits per heavy atom. The second kappa shape index (κ2) is 60.8. The highest BCUT2D eigenvalue weighted by atomic mass is 16.6. The molecule has 0 fully saturated rings. The third kappa shape index (κ3) is 58.2. The predicted octanol–water partition coefficient (Wildman–Crippen LogP) is 20.4. The lowest BCUT2D eigenvalue weighted by atomic mass is 10.1. The summed E-state index contributed by atoms with van der Waals surface area (Å²) in [4.78, 5) is 38.1. The van der Waals surface area contributed by atoms with Crippen LogP contribution in [0.25, 0.3) is 0 Å². The minimum absolute atomic E-state index is 0.107. The molecule has 1 unspecified atom stereocenters. The van der Waals surface area contributed by atoms with E-state index in [1.807, 2.05) is 0 Å². The summed E-state index contributed by atoms with van der Waals surface area (Å²) in [5, 5.41) is 0. The first-order chi connectivity index (χ1) is 36.5. The number of carbonyl (C=O) groups is 3. The van der Waals surface area contributed by atoms with E-state index in [9.17, 15) is 14.4 Å². The molecule has 0 spiro atoms. The smallest absolute Gasteiger partial charge is 0.306 e. The van der Waals surface area contributed by atoms with Gasteiger partial charge in [-0.15, -0.1) is 0 Å². The second-order valence-corrected chi connectivity index (χ2v) is 19.1. The Kier molecular flexibility index (Phi) is 57.0. The van der Waals surface area contributed by atoms with E-state index in [-0.39, 0.29) is 37.5 Å². The molecule has 74 heavy (non-hydrogen) atoms. The van der Waals surface area contributed by atoms with Crippen molar-refractivity contribution in [2.24, 2.45) is 0 Å². The Labute approximate surface area is 455 Å². The van der Waals surface area contributed by atoms with Crippen LogP contribution in [0.3, 0.4) is 0 Å². The molecule has 0 aliphatic carbocycles. The van der Waals surface area contributed by atoms with Crippen LogP contribution in [0, 0.1) is 0 Å². The zero-order valence-corrected chi connectivity index (χ0v) is 47.5. The molecule has 0 N–H and O–H groups in total. The van der Waals surface area contributed by atoms with E-state index in [1.54, 1.807) is 0 Å². The molecule has 1 atom stereocenters. The van der Waals surface area contributed by atoms with Crippen molar-refractivity contribution in [2.75, 3.05) is 13.2 Å². The Morgan fingerprint density at radius 2 is 0.541 bits per heavy atom. The van der Waals surface area contributed by atoms with Gasteiger partial charge in [0.1, 0.15) is 13.2 Å². The molecule has 0 aromatic heterocycles. The van der Waals surface area contributed by atoms with Crippen molar-refractivity contribution >= 4 is 17.9 Å². The predicted molar refractivity (Wildman–Crippen MR) is 320 cm³/mol. The van der Waals surface area contributed by atoms with Gasteiger partial charge in [0.25, 0.3) is 0 Å². The number of hydrogen-bond acceptors (Lipinski definition) is 6. The van der Waals surface area contributed by atoms with E-state index in [1.165, 1.54) is 70.6 Å². The van der Waals surface area contributed by atoms with Gasteiger partial charge in [0.2, 0.25) is 0 Å². The highest BCUT2D eigenvalue weighted by molar-refractivity contribution is 5.71. The summed E-state index contributed by atoms with van der Waals surface area (Å²) < 4.78 is 16.8. The summed E-state index contributed by atoms with van der Waals surface area (Å²) >= 11 is 0. The average Bonchev–Trinajstić information content (AvgIpc) is 3.40. The van der Waals surface area contributed by atoms with Crippen LogP contribution in [0.5, 0.6) is 0 Å². The number of rotatable bonds is 52. The molecule has 0 heterocycles. The van der Waals surface area contributed by atoms with Crippen LogP contribution < -0.4 is 0 Å². The second-order valence-electron chi connectivity index (χ2n) is 19.1. The Bertz CT molecular complexity index is 1640. The Morgan fingerprint density at radius 1 is 0.284 bits per heavy atom. The topological polar surface area (TPSA) is 78.9 Å². The van der Waals surface area contributed by atoms with Gasteiger partial charge in [-0.1, -0.05) is 256 Å². The van der Waals surface area contributed by atoms with Gasteiger partial charge in [-0.3, -0.25) is 14.4 Å². The van der Waals surface area contributed by atoms with Crippen LogP contribution in [0.1, 0.15) is 245 Å². The number of carbonyl (C=O) groups excluding carboxylic acids is 3. The van der Waals surface area contributed by atoms with Crippen molar-refractivity contribution in [3.8, 4) is 0 Å². The fourth-order valence-corrected chi connectivity index (χ4v) is 7.69. The first-order valence-electron chi connectivity index (χ1n) is 29.8. The first-order valence-corrected chi connectivity index (χ1v) is 29.8. The average molecular weight is 1020 g/mol. The highest BCUT2D eigenvalue weighted by Crippen LogP contribution is 2.14. The number of hydrogen-bond donors (Lipinski definition) is 0. The molecule has 0 rings (SSSR count). The molecule has 6 heteroatoms. The fraction of sp³-hybridized carbons (Fsp3) is 0.603. The third-order valence-corrected chi connectivity index (χ3v) is 12.1. The summed E-state index contributed by atoms with van der Waals surface area (Å²) in [5.74, 6) is -0.983. The maximum Gasteiger partial charge on any atom is 0.306 e. The molecule has 0 saturated carbocycles. The van der Waals surface area contributed by atoms with Gasteiger partial charge in [-0.2, -0.15) is 0 Å². The SMILES string of the molecule is CC/C=C\C/C=C\C/C=C\C/C=C\C/C=C\C/C=C\C/C=C\CCCC(=O)OC(COC(=O)CCCCCCCCCC)COC(=O)CCCCCCCCCCC/C=C\C/C=C\C/C=C\C/C=C\C/C=C\CC. The highest BCUT2D eigenvalue weighted by Gasteiger charge is 2.19. The van der Waals surface area contributed by atoms with Gasteiger partial charge < -0.3 is 14.2 Å². The molecule has 6 nitrogen and oxygen atoms in total. The van der Waals surface area contributed by atoms with E-state index in [2.05, 4.69) is 167 Å². The quantitative estimate of drug-likeness (QED) is 0.0261. The van der Waals surface area contributed by atoms with Gasteiger partial charge in [-0.05, 0) is 116 Å². The van der Waals surface area contributed by atoms with Gasteiger partial charge in [-0.25, -0.2) is 0 Å². The summed E-state index contributed by atoms with van der Waals surface area (Å²) in [6, 6.07) is 0. The molecule has 0 saturated heterocycles. The fourth-order valence-electron chi connectivity index (χ4n) is 7.69. The van der Waals surface area contributed by atoms with Crippen LogP contribution in [0.15, 0.2) is 146 Å². The third-order valence-electron chi connectivity index (χ3n) is 12.1. The largest absolute Gasteiger partial charge is 0.462 e. The lowest BCUT2D eigenvalue weighted by Crippen LogP contribution is -2.30. The first kappa shape index (κ1) is 69.3. The lowest BCUT2D eigenvalue weighted by Gasteiger charge is -2.18. The molecule has 0 aromatic carbocycles. The van der Waals surface area contributed by atoms with Crippen LogP contribution in [-0.2, 0) is 28.6 Å². The molecule has 0 radical (unpaired) electrons. The van der Waals surface area contributed by atoms with Crippen LogP contribution in [0.2, 0.25) is 0 Å². The van der Waals surface area contributed by atoms with Crippen LogP contribution in [-0.4, -0.2) is 37.2 Å². The molecule has 0 aliphatic rings. The van der Waals surface area contributed by atoms with E-state index >= 15 is 0 Å². The van der Waals surface area contributed by atoms with Gasteiger partial charge >= 0.3 is 17.9 Å². The minimum atomic E-state index is -0.815. The summed E-state index contributed by atoms with van der Waals surface area (Å²) in [6.45, 7) is 6.32. The Hall–Kier alpha value is -4.71. The molecule has 0 aromatic rings. The van der Waals surface area contributed by atoms with Crippen molar-refractivity contribution < 1.29 is 28.6 Å². The maximum absolute atomic E-state index is 12.8. The molecular formula is C68H108O6. The monoisotopic (exact) mass is 1020 g/mol.